The van der Waals surface area contributed by atoms with Gasteiger partial charge in [0.1, 0.15) is 10.8 Å². The molecule has 1 aromatic rings. The van der Waals surface area contributed by atoms with E-state index in [0.717, 1.165) is 25.3 Å². The normalized spacial score (nSPS) is 27.8. The van der Waals surface area contributed by atoms with Crippen LogP contribution in [0.3, 0.4) is 0 Å². The molecule has 0 atom stereocenters. The zero-order valence-electron chi connectivity index (χ0n) is 10.1. The standard InChI is InChI=1S/C12H19N3OS/c1-2-16-9-5-8(6-9)14-12-10(7-3-4-7)11(13)15-17-12/h7-9,14H,2-6H2,1H3,(H2,13,15). The molecule has 0 amide bonds. The number of nitrogens with two attached hydrogens (primary N) is 1. The molecule has 2 fully saturated rings. The molecule has 5 heteroatoms. The first-order valence-corrected chi connectivity index (χ1v) is 7.18. The Hall–Kier alpha value is -0.810. The van der Waals surface area contributed by atoms with E-state index >= 15 is 0 Å². The summed E-state index contributed by atoms with van der Waals surface area (Å²) in [7, 11) is 0. The van der Waals surface area contributed by atoms with E-state index in [1.807, 2.05) is 0 Å². The number of hydrogen-bond donors (Lipinski definition) is 2. The molecule has 1 heterocycles. The summed E-state index contributed by atoms with van der Waals surface area (Å²) in [6.07, 6.45) is 5.20. The topological polar surface area (TPSA) is 60.2 Å². The van der Waals surface area contributed by atoms with E-state index < -0.39 is 0 Å². The van der Waals surface area contributed by atoms with Crippen LogP contribution in [0.25, 0.3) is 0 Å². The van der Waals surface area contributed by atoms with Crippen LogP contribution in [0.5, 0.6) is 0 Å². The van der Waals surface area contributed by atoms with Crippen LogP contribution in [0.4, 0.5) is 10.8 Å². The molecule has 4 nitrogen and oxygen atoms in total. The van der Waals surface area contributed by atoms with Gasteiger partial charge in [0.05, 0.1) is 6.10 Å². The zero-order valence-corrected chi connectivity index (χ0v) is 10.9. The number of nitrogen functional groups attached to an aromatic ring is 1. The minimum atomic E-state index is 0.451. The molecule has 0 radical (unpaired) electrons. The fourth-order valence-corrected chi connectivity index (χ4v) is 3.30. The predicted molar refractivity (Wildman–Crippen MR) is 70.6 cm³/mol. The van der Waals surface area contributed by atoms with E-state index in [4.69, 9.17) is 10.5 Å². The van der Waals surface area contributed by atoms with Crippen LogP contribution >= 0.6 is 11.5 Å². The average molecular weight is 253 g/mol. The molecule has 0 bridgehead atoms. The third-order valence-electron chi connectivity index (χ3n) is 3.57. The monoisotopic (exact) mass is 253 g/mol. The number of aromatic nitrogens is 1. The summed E-state index contributed by atoms with van der Waals surface area (Å²) in [6.45, 7) is 2.87. The lowest BCUT2D eigenvalue weighted by atomic mass is 9.89. The summed E-state index contributed by atoms with van der Waals surface area (Å²) in [4.78, 5) is 0. The van der Waals surface area contributed by atoms with Gasteiger partial charge >= 0.3 is 0 Å². The Labute approximate surface area is 106 Å². The van der Waals surface area contributed by atoms with Gasteiger partial charge in [-0.1, -0.05) is 0 Å². The Balaban J connectivity index is 1.59. The quantitative estimate of drug-likeness (QED) is 0.846. The Kier molecular flexibility index (Phi) is 2.96. The lowest BCUT2D eigenvalue weighted by molar-refractivity contribution is 0.00304. The highest BCUT2D eigenvalue weighted by molar-refractivity contribution is 7.10. The van der Waals surface area contributed by atoms with Crippen LogP contribution in [0, 0.1) is 0 Å². The molecule has 1 aromatic heterocycles. The van der Waals surface area contributed by atoms with E-state index in [2.05, 4.69) is 16.6 Å². The second kappa shape index (κ2) is 4.46. The predicted octanol–water partition coefficient (Wildman–Crippen LogP) is 2.58. The van der Waals surface area contributed by atoms with Crippen molar-refractivity contribution in [2.24, 2.45) is 0 Å². The molecular formula is C12H19N3OS. The molecule has 3 N–H and O–H groups in total. The molecular weight excluding hydrogens is 234 g/mol. The van der Waals surface area contributed by atoms with Crippen LogP contribution in [0.15, 0.2) is 0 Å². The van der Waals surface area contributed by atoms with Gasteiger partial charge in [0, 0.05) is 18.2 Å². The van der Waals surface area contributed by atoms with Gasteiger partial charge in [0.25, 0.3) is 0 Å². The molecule has 0 saturated heterocycles. The van der Waals surface area contributed by atoms with Crippen molar-refractivity contribution in [1.29, 1.82) is 0 Å². The smallest absolute Gasteiger partial charge is 0.142 e. The average Bonchev–Trinajstić information content (AvgIpc) is 3.02. The molecule has 94 valence electrons. The van der Waals surface area contributed by atoms with Crippen LogP contribution in [0.1, 0.15) is 44.1 Å². The minimum Gasteiger partial charge on any atom is -0.383 e. The highest BCUT2D eigenvalue weighted by atomic mass is 32.1. The fourth-order valence-electron chi connectivity index (χ4n) is 2.42. The van der Waals surface area contributed by atoms with Crippen molar-refractivity contribution in [2.75, 3.05) is 17.7 Å². The van der Waals surface area contributed by atoms with Gasteiger partial charge < -0.3 is 15.8 Å². The molecule has 0 spiro atoms. The van der Waals surface area contributed by atoms with Crippen molar-refractivity contribution in [3.63, 3.8) is 0 Å². The summed E-state index contributed by atoms with van der Waals surface area (Å²) in [5, 5.41) is 4.77. The Morgan fingerprint density at radius 1 is 1.47 bits per heavy atom. The van der Waals surface area contributed by atoms with Crippen molar-refractivity contribution in [3.05, 3.63) is 5.56 Å². The number of nitrogens with one attached hydrogen (secondary N) is 1. The maximum atomic E-state index is 5.93. The minimum absolute atomic E-state index is 0.451. The SMILES string of the molecule is CCOC1CC(Nc2snc(N)c2C2CC2)C1. The Bertz CT molecular complexity index is 396. The molecule has 17 heavy (non-hydrogen) atoms. The highest BCUT2D eigenvalue weighted by Gasteiger charge is 2.34. The summed E-state index contributed by atoms with van der Waals surface area (Å²) in [6, 6.07) is 0.545. The van der Waals surface area contributed by atoms with Crippen molar-refractivity contribution < 1.29 is 4.74 Å². The lowest BCUT2D eigenvalue weighted by Crippen LogP contribution is -2.40. The van der Waals surface area contributed by atoms with E-state index in [1.165, 1.54) is 34.9 Å². The molecule has 0 aromatic carbocycles. The molecule has 3 rings (SSSR count). The largest absolute Gasteiger partial charge is 0.383 e. The maximum Gasteiger partial charge on any atom is 0.142 e. The van der Waals surface area contributed by atoms with Crippen LogP contribution in [-0.2, 0) is 4.74 Å². The highest BCUT2D eigenvalue weighted by Crippen LogP contribution is 2.48. The summed E-state index contributed by atoms with van der Waals surface area (Å²) in [5.74, 6) is 1.40. The molecule has 2 aliphatic rings. The van der Waals surface area contributed by atoms with E-state index in [-0.39, 0.29) is 0 Å². The molecule has 0 aliphatic heterocycles. The number of rotatable bonds is 5. The van der Waals surface area contributed by atoms with E-state index in [1.54, 1.807) is 0 Å². The molecule has 2 aliphatic carbocycles. The number of anilines is 2. The first-order valence-electron chi connectivity index (χ1n) is 6.41. The van der Waals surface area contributed by atoms with Crippen molar-refractivity contribution in [2.45, 2.75) is 50.7 Å². The van der Waals surface area contributed by atoms with Gasteiger partial charge in [-0.05, 0) is 50.1 Å². The summed E-state index contributed by atoms with van der Waals surface area (Å²) < 4.78 is 9.83. The third kappa shape index (κ3) is 2.26. The van der Waals surface area contributed by atoms with E-state index in [0.29, 0.717) is 18.1 Å². The molecule has 0 unspecified atom stereocenters. The second-order valence-electron chi connectivity index (χ2n) is 4.97. The summed E-state index contributed by atoms with van der Waals surface area (Å²) >= 11 is 1.51. The van der Waals surface area contributed by atoms with Crippen molar-refractivity contribution in [3.8, 4) is 0 Å². The number of ether oxygens (including phenoxy) is 1. The Morgan fingerprint density at radius 3 is 2.88 bits per heavy atom. The van der Waals surface area contributed by atoms with Gasteiger partial charge in [0.2, 0.25) is 0 Å². The van der Waals surface area contributed by atoms with Crippen LogP contribution in [-0.4, -0.2) is 23.1 Å². The molecule has 2 saturated carbocycles. The van der Waals surface area contributed by atoms with Gasteiger partial charge in [-0.2, -0.15) is 4.37 Å². The number of hydrogen-bond acceptors (Lipinski definition) is 5. The van der Waals surface area contributed by atoms with Crippen molar-refractivity contribution >= 4 is 22.4 Å². The second-order valence-corrected chi connectivity index (χ2v) is 5.75. The first kappa shape index (κ1) is 11.3. The zero-order chi connectivity index (χ0) is 11.8. The lowest BCUT2D eigenvalue weighted by Gasteiger charge is -2.35. The Morgan fingerprint density at radius 2 is 2.24 bits per heavy atom. The van der Waals surface area contributed by atoms with Gasteiger partial charge in [-0.25, -0.2) is 0 Å². The first-order chi connectivity index (χ1) is 8.28. The van der Waals surface area contributed by atoms with Gasteiger partial charge in [0.15, 0.2) is 0 Å². The summed E-state index contributed by atoms with van der Waals surface area (Å²) in [5.41, 5.74) is 7.20. The van der Waals surface area contributed by atoms with Gasteiger partial charge in [-0.3, -0.25) is 0 Å². The fraction of sp³-hybridized carbons (Fsp3) is 0.750. The number of nitrogens with zero attached hydrogens (tertiary/aromatic N) is 1. The van der Waals surface area contributed by atoms with Crippen molar-refractivity contribution in [1.82, 2.24) is 4.37 Å². The van der Waals surface area contributed by atoms with Crippen LogP contribution in [0.2, 0.25) is 0 Å². The maximum absolute atomic E-state index is 5.93. The van der Waals surface area contributed by atoms with Gasteiger partial charge in [-0.15, -0.1) is 0 Å². The van der Waals surface area contributed by atoms with Crippen LogP contribution < -0.4 is 11.1 Å². The third-order valence-corrected chi connectivity index (χ3v) is 4.38. The van der Waals surface area contributed by atoms with E-state index in [9.17, 15) is 0 Å².